The smallest absolute Gasteiger partial charge is 0.254 e. The van der Waals surface area contributed by atoms with E-state index in [1.807, 2.05) is 34.7 Å². The average Bonchev–Trinajstić information content (AvgIpc) is 2.92. The summed E-state index contributed by atoms with van der Waals surface area (Å²) in [6.45, 7) is 5.39. The molecular weight excluding hydrogens is 381 g/mol. The van der Waals surface area contributed by atoms with Crippen molar-refractivity contribution in [2.75, 3.05) is 6.54 Å². The Labute approximate surface area is 169 Å². The maximum Gasteiger partial charge on any atom is 0.254 e. The van der Waals surface area contributed by atoms with Crippen molar-refractivity contribution in [2.24, 2.45) is 13.0 Å². The second-order valence-corrected chi connectivity index (χ2v) is 8.01. The van der Waals surface area contributed by atoms with Crippen molar-refractivity contribution < 1.29 is 4.79 Å². The standard InChI is InChI=1S/C21H23Cl2N3O/c1-14(2)9-10-26(21(27)15-5-4-6-16(22)11-15)13-20-24-18-12-17(23)7-8-19(18)25(20)3/h4-8,11-12,14H,9-10,13H2,1-3H3. The summed E-state index contributed by atoms with van der Waals surface area (Å²) in [5, 5.41) is 1.21. The number of amides is 1. The molecule has 1 amide bonds. The molecule has 0 saturated carbocycles. The van der Waals surface area contributed by atoms with Gasteiger partial charge in [-0.2, -0.15) is 0 Å². The van der Waals surface area contributed by atoms with E-state index in [1.54, 1.807) is 24.3 Å². The highest BCUT2D eigenvalue weighted by molar-refractivity contribution is 6.31. The lowest BCUT2D eigenvalue weighted by atomic mass is 10.1. The summed E-state index contributed by atoms with van der Waals surface area (Å²) in [4.78, 5) is 19.6. The molecule has 0 aliphatic rings. The first kappa shape index (κ1) is 19.7. The SMILES string of the molecule is CC(C)CCN(Cc1nc2cc(Cl)ccc2n1C)C(=O)c1cccc(Cl)c1. The van der Waals surface area contributed by atoms with E-state index >= 15 is 0 Å². The summed E-state index contributed by atoms with van der Waals surface area (Å²) in [5.74, 6) is 1.29. The van der Waals surface area contributed by atoms with Crippen molar-refractivity contribution >= 4 is 40.1 Å². The molecule has 0 spiro atoms. The molecule has 142 valence electrons. The van der Waals surface area contributed by atoms with Crippen LogP contribution in [-0.2, 0) is 13.6 Å². The van der Waals surface area contributed by atoms with Crippen LogP contribution in [0.4, 0.5) is 0 Å². The van der Waals surface area contributed by atoms with Gasteiger partial charge >= 0.3 is 0 Å². The van der Waals surface area contributed by atoms with Gasteiger partial charge in [-0.1, -0.05) is 43.1 Å². The molecule has 27 heavy (non-hydrogen) atoms. The van der Waals surface area contributed by atoms with Gasteiger partial charge in [-0.15, -0.1) is 0 Å². The van der Waals surface area contributed by atoms with Gasteiger partial charge in [-0.25, -0.2) is 4.98 Å². The van der Waals surface area contributed by atoms with E-state index in [9.17, 15) is 4.79 Å². The first-order valence-electron chi connectivity index (χ1n) is 9.01. The number of hydrogen-bond donors (Lipinski definition) is 0. The normalized spacial score (nSPS) is 11.3. The predicted molar refractivity (Wildman–Crippen MR) is 111 cm³/mol. The minimum absolute atomic E-state index is 0.0387. The third-order valence-corrected chi connectivity index (χ3v) is 5.07. The van der Waals surface area contributed by atoms with Crippen LogP contribution in [0.5, 0.6) is 0 Å². The van der Waals surface area contributed by atoms with Gasteiger partial charge in [0, 0.05) is 29.2 Å². The Morgan fingerprint density at radius 1 is 1.15 bits per heavy atom. The summed E-state index contributed by atoms with van der Waals surface area (Å²) >= 11 is 12.2. The molecule has 4 nitrogen and oxygen atoms in total. The molecule has 6 heteroatoms. The first-order valence-corrected chi connectivity index (χ1v) is 9.76. The third-order valence-electron chi connectivity index (χ3n) is 4.60. The molecular formula is C21H23Cl2N3O. The number of benzene rings is 2. The van der Waals surface area contributed by atoms with Gasteiger partial charge in [-0.3, -0.25) is 4.79 Å². The Morgan fingerprint density at radius 2 is 1.89 bits per heavy atom. The summed E-state index contributed by atoms with van der Waals surface area (Å²) < 4.78 is 2.01. The monoisotopic (exact) mass is 403 g/mol. The Balaban J connectivity index is 1.91. The molecule has 2 aromatic carbocycles. The number of fused-ring (bicyclic) bond motifs is 1. The Kier molecular flexibility index (Phi) is 6.08. The van der Waals surface area contributed by atoms with Gasteiger partial charge in [0.15, 0.2) is 0 Å². The number of imidazole rings is 1. The number of hydrogen-bond acceptors (Lipinski definition) is 2. The highest BCUT2D eigenvalue weighted by Crippen LogP contribution is 2.21. The minimum Gasteiger partial charge on any atom is -0.331 e. The van der Waals surface area contributed by atoms with Crippen LogP contribution in [0.15, 0.2) is 42.5 Å². The van der Waals surface area contributed by atoms with Gasteiger partial charge in [-0.05, 0) is 48.7 Å². The van der Waals surface area contributed by atoms with Crippen molar-refractivity contribution in [1.82, 2.24) is 14.5 Å². The van der Waals surface area contributed by atoms with Crippen LogP contribution in [0.25, 0.3) is 11.0 Å². The van der Waals surface area contributed by atoms with Gasteiger partial charge in [0.25, 0.3) is 5.91 Å². The lowest BCUT2D eigenvalue weighted by Crippen LogP contribution is -2.33. The lowest BCUT2D eigenvalue weighted by Gasteiger charge is -2.23. The molecule has 0 saturated heterocycles. The van der Waals surface area contributed by atoms with E-state index in [4.69, 9.17) is 28.2 Å². The fourth-order valence-corrected chi connectivity index (χ4v) is 3.36. The molecule has 0 radical (unpaired) electrons. The van der Waals surface area contributed by atoms with Crippen LogP contribution < -0.4 is 0 Å². The molecule has 0 atom stereocenters. The number of rotatable bonds is 6. The zero-order valence-corrected chi connectivity index (χ0v) is 17.3. The second-order valence-electron chi connectivity index (χ2n) is 7.14. The van der Waals surface area contributed by atoms with E-state index < -0.39 is 0 Å². The molecule has 0 aliphatic carbocycles. The van der Waals surface area contributed by atoms with Crippen molar-refractivity contribution in [1.29, 1.82) is 0 Å². The molecule has 3 aromatic rings. The highest BCUT2D eigenvalue weighted by atomic mass is 35.5. The zero-order chi connectivity index (χ0) is 19.6. The molecule has 3 rings (SSSR count). The van der Waals surface area contributed by atoms with Gasteiger partial charge in [0.05, 0.1) is 17.6 Å². The van der Waals surface area contributed by atoms with Gasteiger partial charge in [0.1, 0.15) is 5.82 Å². The molecule has 0 fully saturated rings. The van der Waals surface area contributed by atoms with Crippen LogP contribution in [0.1, 0.15) is 36.5 Å². The fourth-order valence-electron chi connectivity index (χ4n) is 3.01. The highest BCUT2D eigenvalue weighted by Gasteiger charge is 2.20. The third kappa shape index (κ3) is 4.63. The van der Waals surface area contributed by atoms with Crippen LogP contribution in [0, 0.1) is 5.92 Å². The molecule has 1 aromatic heterocycles. The van der Waals surface area contributed by atoms with E-state index in [0.29, 0.717) is 34.6 Å². The number of aryl methyl sites for hydroxylation is 1. The maximum atomic E-state index is 13.1. The molecule has 0 unspecified atom stereocenters. The topological polar surface area (TPSA) is 38.1 Å². The summed E-state index contributed by atoms with van der Waals surface area (Å²) in [7, 11) is 1.96. The minimum atomic E-state index is -0.0387. The van der Waals surface area contributed by atoms with E-state index in [2.05, 4.69) is 13.8 Å². The summed E-state index contributed by atoms with van der Waals surface area (Å²) in [6.07, 6.45) is 0.919. The van der Waals surface area contributed by atoms with E-state index in [0.717, 1.165) is 23.3 Å². The van der Waals surface area contributed by atoms with Gasteiger partial charge < -0.3 is 9.47 Å². The number of aromatic nitrogens is 2. The zero-order valence-electron chi connectivity index (χ0n) is 15.7. The predicted octanol–water partition coefficient (Wildman–Crippen LogP) is 5.57. The first-order chi connectivity index (χ1) is 12.8. The Morgan fingerprint density at radius 3 is 2.59 bits per heavy atom. The van der Waals surface area contributed by atoms with Crippen LogP contribution >= 0.6 is 23.2 Å². The quantitative estimate of drug-likeness (QED) is 0.539. The molecule has 0 bridgehead atoms. The van der Waals surface area contributed by atoms with Crippen LogP contribution in [0.3, 0.4) is 0 Å². The van der Waals surface area contributed by atoms with E-state index in [-0.39, 0.29) is 5.91 Å². The van der Waals surface area contributed by atoms with Crippen molar-refractivity contribution in [3.05, 3.63) is 63.9 Å². The Bertz CT molecular complexity index is 965. The van der Waals surface area contributed by atoms with Crippen molar-refractivity contribution in [2.45, 2.75) is 26.8 Å². The van der Waals surface area contributed by atoms with Crippen molar-refractivity contribution in [3.8, 4) is 0 Å². The van der Waals surface area contributed by atoms with Crippen LogP contribution in [-0.4, -0.2) is 26.9 Å². The van der Waals surface area contributed by atoms with Crippen molar-refractivity contribution in [3.63, 3.8) is 0 Å². The number of halogens is 2. The molecule has 0 N–H and O–H groups in total. The number of nitrogens with zero attached hydrogens (tertiary/aromatic N) is 3. The summed E-state index contributed by atoms with van der Waals surface area (Å²) in [6, 6.07) is 12.7. The molecule has 1 heterocycles. The molecule has 0 aliphatic heterocycles. The van der Waals surface area contributed by atoms with Gasteiger partial charge in [0.2, 0.25) is 0 Å². The fraction of sp³-hybridized carbons (Fsp3) is 0.333. The number of carbonyl (C=O) groups is 1. The largest absolute Gasteiger partial charge is 0.331 e. The second kappa shape index (κ2) is 8.32. The summed E-state index contributed by atoms with van der Waals surface area (Å²) in [5.41, 5.74) is 2.42. The van der Waals surface area contributed by atoms with E-state index in [1.165, 1.54) is 0 Å². The number of carbonyl (C=O) groups excluding carboxylic acids is 1. The maximum absolute atomic E-state index is 13.1. The Hall–Kier alpha value is -2.04. The van der Waals surface area contributed by atoms with Crippen LogP contribution in [0.2, 0.25) is 10.0 Å². The lowest BCUT2D eigenvalue weighted by molar-refractivity contribution is 0.0730. The average molecular weight is 404 g/mol.